The van der Waals surface area contributed by atoms with Gasteiger partial charge in [-0.05, 0) is 35.4 Å². The topological polar surface area (TPSA) is 29.5 Å². The van der Waals surface area contributed by atoms with Crippen LogP contribution in [0.5, 0.6) is 5.75 Å². The molecule has 0 saturated heterocycles. The highest BCUT2D eigenvalue weighted by molar-refractivity contribution is 6.30. The molecule has 2 nitrogen and oxygen atoms in total. The third-order valence-corrected chi connectivity index (χ3v) is 2.49. The molecule has 0 unspecified atom stereocenters. The predicted octanol–water partition coefficient (Wildman–Crippen LogP) is 2.64. The van der Waals surface area contributed by atoms with Crippen LogP contribution in [-0.2, 0) is 0 Å². The first-order valence-electron chi connectivity index (χ1n) is 4.89. The SMILES string of the molecule is OBOc1cccc(-c2ccc(Cl)cc2)c1. The molecule has 2 aromatic carbocycles. The van der Waals surface area contributed by atoms with Gasteiger partial charge in [0.05, 0.1) is 0 Å². The lowest BCUT2D eigenvalue weighted by Gasteiger charge is -2.05. The van der Waals surface area contributed by atoms with Crippen molar-refractivity contribution in [2.75, 3.05) is 0 Å². The Kier molecular flexibility index (Phi) is 3.49. The van der Waals surface area contributed by atoms with Gasteiger partial charge < -0.3 is 9.68 Å². The van der Waals surface area contributed by atoms with Crippen LogP contribution in [0.3, 0.4) is 0 Å². The summed E-state index contributed by atoms with van der Waals surface area (Å²) in [6.45, 7) is 0. The van der Waals surface area contributed by atoms with E-state index >= 15 is 0 Å². The number of hydrogen-bond donors (Lipinski definition) is 1. The van der Waals surface area contributed by atoms with E-state index in [0.717, 1.165) is 11.1 Å². The van der Waals surface area contributed by atoms with Crippen molar-refractivity contribution < 1.29 is 9.68 Å². The van der Waals surface area contributed by atoms with Crippen LogP contribution in [0.1, 0.15) is 0 Å². The van der Waals surface area contributed by atoms with Crippen LogP contribution < -0.4 is 4.65 Å². The van der Waals surface area contributed by atoms with Gasteiger partial charge in [0.2, 0.25) is 0 Å². The van der Waals surface area contributed by atoms with Crippen molar-refractivity contribution in [2.24, 2.45) is 0 Å². The molecule has 16 heavy (non-hydrogen) atoms. The average Bonchev–Trinajstić information content (AvgIpc) is 2.31. The van der Waals surface area contributed by atoms with E-state index < -0.39 is 0 Å². The Morgan fingerprint density at radius 1 is 1.00 bits per heavy atom. The van der Waals surface area contributed by atoms with Crippen molar-refractivity contribution in [3.05, 3.63) is 53.6 Å². The highest BCUT2D eigenvalue weighted by Crippen LogP contribution is 2.24. The van der Waals surface area contributed by atoms with E-state index in [9.17, 15) is 0 Å². The lowest BCUT2D eigenvalue weighted by molar-refractivity contribution is 0.454. The molecule has 80 valence electrons. The van der Waals surface area contributed by atoms with E-state index in [1.54, 1.807) is 6.07 Å². The molecule has 0 atom stereocenters. The molecule has 0 aliphatic heterocycles. The molecule has 0 aliphatic rings. The van der Waals surface area contributed by atoms with Crippen LogP contribution in [0.4, 0.5) is 0 Å². The minimum absolute atomic E-state index is 0.315. The Morgan fingerprint density at radius 3 is 2.44 bits per heavy atom. The molecule has 2 rings (SSSR count). The third kappa shape index (κ3) is 2.57. The van der Waals surface area contributed by atoms with E-state index in [0.29, 0.717) is 10.8 Å². The second-order valence-corrected chi connectivity index (χ2v) is 3.74. The van der Waals surface area contributed by atoms with Crippen LogP contribution in [-0.4, -0.2) is 12.7 Å². The van der Waals surface area contributed by atoms with Crippen molar-refractivity contribution in [2.45, 2.75) is 0 Å². The monoisotopic (exact) mass is 232 g/mol. The van der Waals surface area contributed by atoms with Gasteiger partial charge in [-0.1, -0.05) is 35.9 Å². The summed E-state index contributed by atoms with van der Waals surface area (Å²) < 4.78 is 5.02. The number of halogens is 1. The molecule has 0 saturated carbocycles. The summed E-state index contributed by atoms with van der Waals surface area (Å²) in [5, 5.41) is 9.39. The minimum atomic E-state index is -0.315. The zero-order valence-electron chi connectivity index (χ0n) is 8.56. The summed E-state index contributed by atoms with van der Waals surface area (Å²) in [5.41, 5.74) is 2.09. The fourth-order valence-corrected chi connectivity index (χ4v) is 1.61. The largest absolute Gasteiger partial charge is 0.539 e. The molecule has 0 radical (unpaired) electrons. The molecule has 0 aromatic heterocycles. The first-order valence-corrected chi connectivity index (χ1v) is 5.27. The van der Waals surface area contributed by atoms with Gasteiger partial charge in [0, 0.05) is 5.02 Å². The summed E-state index contributed by atoms with van der Waals surface area (Å²) >= 11 is 5.82. The molecule has 2 aromatic rings. The fraction of sp³-hybridized carbons (Fsp3) is 0. The van der Waals surface area contributed by atoms with E-state index in [4.69, 9.17) is 21.3 Å². The zero-order chi connectivity index (χ0) is 11.4. The molecular formula is C12H10BClO2. The average molecular weight is 232 g/mol. The molecule has 0 bridgehead atoms. The number of benzene rings is 2. The Hall–Kier alpha value is -1.45. The van der Waals surface area contributed by atoms with Crippen LogP contribution in [0, 0.1) is 0 Å². The maximum atomic E-state index is 8.68. The van der Waals surface area contributed by atoms with Crippen LogP contribution in [0.2, 0.25) is 5.02 Å². The van der Waals surface area contributed by atoms with E-state index in [-0.39, 0.29) is 7.69 Å². The maximum Gasteiger partial charge on any atom is 0.504 e. The molecular weight excluding hydrogens is 222 g/mol. The number of hydrogen-bond acceptors (Lipinski definition) is 2. The van der Waals surface area contributed by atoms with Gasteiger partial charge in [0.25, 0.3) is 0 Å². The van der Waals surface area contributed by atoms with Gasteiger partial charge in [-0.25, -0.2) is 0 Å². The second-order valence-electron chi connectivity index (χ2n) is 3.31. The lowest BCUT2D eigenvalue weighted by atomic mass is 10.1. The molecule has 0 amide bonds. The molecule has 0 fully saturated rings. The van der Waals surface area contributed by atoms with Crippen molar-refractivity contribution in [1.29, 1.82) is 0 Å². The van der Waals surface area contributed by atoms with Gasteiger partial charge in [-0.3, -0.25) is 0 Å². The smallest absolute Gasteiger partial charge is 0.504 e. The highest BCUT2D eigenvalue weighted by Gasteiger charge is 2.00. The van der Waals surface area contributed by atoms with Gasteiger partial charge in [-0.15, -0.1) is 0 Å². The third-order valence-electron chi connectivity index (χ3n) is 2.24. The Balaban J connectivity index is 2.32. The van der Waals surface area contributed by atoms with Gasteiger partial charge in [-0.2, -0.15) is 0 Å². The first kappa shape index (κ1) is 11.1. The van der Waals surface area contributed by atoms with Crippen molar-refractivity contribution in [3.63, 3.8) is 0 Å². The van der Waals surface area contributed by atoms with E-state index in [2.05, 4.69) is 0 Å². The standard InChI is InChI=1S/C12H10BClO2/c14-11-6-4-9(5-7-11)10-2-1-3-12(8-10)16-13-15/h1-8,13,15H. The first-order chi connectivity index (χ1) is 7.79. The van der Waals surface area contributed by atoms with E-state index in [1.807, 2.05) is 42.5 Å². The Labute approximate surface area is 99.8 Å². The summed E-state index contributed by atoms with van der Waals surface area (Å²) in [6, 6.07) is 15.1. The van der Waals surface area contributed by atoms with Gasteiger partial charge in [0.15, 0.2) is 0 Å². The van der Waals surface area contributed by atoms with E-state index in [1.165, 1.54) is 0 Å². The Bertz CT molecular complexity index is 471. The fourth-order valence-electron chi connectivity index (χ4n) is 1.48. The molecule has 0 heterocycles. The normalized spacial score (nSPS) is 9.88. The molecule has 0 spiro atoms. The second kappa shape index (κ2) is 5.06. The van der Waals surface area contributed by atoms with Crippen LogP contribution in [0.15, 0.2) is 48.5 Å². The molecule has 1 N–H and O–H groups in total. The summed E-state index contributed by atoms with van der Waals surface area (Å²) in [4.78, 5) is 0. The maximum absolute atomic E-state index is 8.68. The van der Waals surface area contributed by atoms with Gasteiger partial charge >= 0.3 is 7.69 Å². The summed E-state index contributed by atoms with van der Waals surface area (Å²) in [5.74, 6) is 0.648. The predicted molar refractivity (Wildman–Crippen MR) is 66.9 cm³/mol. The number of rotatable bonds is 3. The van der Waals surface area contributed by atoms with Gasteiger partial charge in [0.1, 0.15) is 5.75 Å². The molecule has 4 heteroatoms. The Morgan fingerprint density at radius 2 is 1.75 bits per heavy atom. The van der Waals surface area contributed by atoms with Crippen LogP contribution >= 0.6 is 11.6 Å². The van der Waals surface area contributed by atoms with Crippen molar-refractivity contribution in [3.8, 4) is 16.9 Å². The summed E-state index contributed by atoms with van der Waals surface area (Å²) in [6.07, 6.45) is 0. The molecule has 0 aliphatic carbocycles. The minimum Gasteiger partial charge on any atom is -0.539 e. The zero-order valence-corrected chi connectivity index (χ0v) is 9.32. The quantitative estimate of drug-likeness (QED) is 0.825. The highest BCUT2D eigenvalue weighted by atomic mass is 35.5. The van der Waals surface area contributed by atoms with Crippen molar-refractivity contribution in [1.82, 2.24) is 0 Å². The summed E-state index contributed by atoms with van der Waals surface area (Å²) in [7, 11) is -0.315. The lowest BCUT2D eigenvalue weighted by Crippen LogP contribution is -1.99. The van der Waals surface area contributed by atoms with Crippen molar-refractivity contribution >= 4 is 19.3 Å². The van der Waals surface area contributed by atoms with Crippen LogP contribution in [0.25, 0.3) is 11.1 Å².